The molecule has 0 aliphatic heterocycles. The molecule has 1 fully saturated rings. The van der Waals surface area contributed by atoms with Crippen molar-refractivity contribution < 1.29 is 58.3 Å². The average Bonchev–Trinajstić information content (AvgIpc) is 3.22. The number of aliphatic hydroxyl groups excluding tert-OH is 5. The normalized spacial score (nSPS) is 22.8. The molecule has 0 heterocycles. The van der Waals surface area contributed by atoms with Crippen molar-refractivity contribution in [2.45, 2.75) is 230 Å². The Kier molecular flexibility index (Phi) is 35.0. The van der Waals surface area contributed by atoms with E-state index >= 15 is 0 Å². The molecule has 6 N–H and O–H groups in total. The molecule has 0 radical (unpaired) electrons. The maximum Gasteiger partial charge on any atom is 0.472 e. The van der Waals surface area contributed by atoms with Crippen LogP contribution in [0.25, 0.3) is 0 Å². The van der Waals surface area contributed by atoms with E-state index in [1.807, 2.05) is 0 Å². The second-order valence-corrected chi connectivity index (χ2v) is 17.7. The predicted molar refractivity (Wildman–Crippen MR) is 235 cm³/mol. The number of unbranched alkanes of at least 4 members (excludes halogenated alkanes) is 21. The third-order valence-corrected chi connectivity index (χ3v) is 11.8. The van der Waals surface area contributed by atoms with E-state index in [1.165, 1.54) is 96.3 Å². The number of carbonyl (C=O) groups excluding carboxylic acids is 1. The van der Waals surface area contributed by atoms with Crippen molar-refractivity contribution in [1.82, 2.24) is 0 Å². The van der Waals surface area contributed by atoms with E-state index in [2.05, 4.69) is 50.3 Å². The van der Waals surface area contributed by atoms with E-state index in [0.717, 1.165) is 64.2 Å². The fraction of sp³-hybridized carbons (Fsp3) is 0.848. The number of phosphoric ester groups is 1. The van der Waals surface area contributed by atoms with Gasteiger partial charge in [0.15, 0.2) is 0 Å². The van der Waals surface area contributed by atoms with Gasteiger partial charge in [0, 0.05) is 13.0 Å². The van der Waals surface area contributed by atoms with Gasteiger partial charge >= 0.3 is 13.8 Å². The zero-order valence-corrected chi connectivity index (χ0v) is 37.7. The summed E-state index contributed by atoms with van der Waals surface area (Å²) in [7, 11) is -5.02. The van der Waals surface area contributed by atoms with Gasteiger partial charge in [0.05, 0.1) is 13.2 Å². The highest BCUT2D eigenvalue weighted by Crippen LogP contribution is 2.47. The molecular formula is C46H85O12P. The number of ether oxygens (including phenoxy) is 2. The minimum atomic E-state index is -5.02. The molecule has 6 unspecified atom stereocenters. The minimum Gasteiger partial charge on any atom is -0.457 e. The van der Waals surface area contributed by atoms with Crippen molar-refractivity contribution in [3.05, 3.63) is 36.5 Å². The summed E-state index contributed by atoms with van der Waals surface area (Å²) >= 11 is 0. The Balaban J connectivity index is 2.37. The third-order valence-electron chi connectivity index (χ3n) is 10.8. The maximum atomic E-state index is 12.8. The van der Waals surface area contributed by atoms with Crippen molar-refractivity contribution in [2.75, 3.05) is 19.8 Å². The number of carbonyl (C=O) groups is 1. The van der Waals surface area contributed by atoms with Gasteiger partial charge in [-0.05, 0) is 51.4 Å². The van der Waals surface area contributed by atoms with E-state index in [4.69, 9.17) is 18.5 Å². The zero-order chi connectivity index (χ0) is 43.4. The summed E-state index contributed by atoms with van der Waals surface area (Å²) in [6, 6.07) is 0. The molecule has 1 aliphatic carbocycles. The molecule has 0 spiro atoms. The molecule has 59 heavy (non-hydrogen) atoms. The number of allylic oxidation sites excluding steroid dienone is 6. The second kappa shape index (κ2) is 37.1. The molecule has 1 aliphatic rings. The first-order valence-corrected chi connectivity index (χ1v) is 24.8. The first kappa shape index (κ1) is 55.6. The molecule has 346 valence electrons. The molecule has 12 nitrogen and oxygen atoms in total. The van der Waals surface area contributed by atoms with Crippen molar-refractivity contribution in [3.63, 3.8) is 0 Å². The molecule has 1 saturated carbocycles. The largest absolute Gasteiger partial charge is 0.472 e. The van der Waals surface area contributed by atoms with Crippen LogP contribution in [0.4, 0.5) is 0 Å². The summed E-state index contributed by atoms with van der Waals surface area (Å²) in [6.45, 7) is 4.21. The van der Waals surface area contributed by atoms with Gasteiger partial charge in [-0.25, -0.2) is 4.57 Å². The highest BCUT2D eigenvalue weighted by molar-refractivity contribution is 7.47. The van der Waals surface area contributed by atoms with Crippen LogP contribution in [0.3, 0.4) is 0 Å². The second-order valence-electron chi connectivity index (χ2n) is 16.3. The van der Waals surface area contributed by atoms with Gasteiger partial charge in [0.1, 0.15) is 42.7 Å². The SMILES string of the molecule is CCCCC/C=C\C/C=C\C/C=C\CCCCCCCCCOCC(COP(=O)(O)OC1C(O)C(O)C(O)C(O)C1O)OC(=O)CCCCCCCCCCCCCC. The summed E-state index contributed by atoms with van der Waals surface area (Å²) < 4.78 is 34.2. The Morgan fingerprint density at radius 1 is 0.542 bits per heavy atom. The number of aliphatic hydroxyl groups is 5. The molecule has 1 rings (SSSR count). The van der Waals surface area contributed by atoms with E-state index < -0.39 is 63.1 Å². The van der Waals surface area contributed by atoms with Crippen molar-refractivity contribution in [1.29, 1.82) is 0 Å². The monoisotopic (exact) mass is 861 g/mol. The van der Waals surface area contributed by atoms with Gasteiger partial charge in [-0.3, -0.25) is 13.8 Å². The van der Waals surface area contributed by atoms with Gasteiger partial charge in [-0.15, -0.1) is 0 Å². The van der Waals surface area contributed by atoms with Gasteiger partial charge in [-0.1, -0.05) is 166 Å². The summed E-state index contributed by atoms with van der Waals surface area (Å²) in [5, 5.41) is 50.1. The quantitative estimate of drug-likeness (QED) is 0.0149. The van der Waals surface area contributed by atoms with Gasteiger partial charge in [0.25, 0.3) is 0 Å². The van der Waals surface area contributed by atoms with E-state index in [1.54, 1.807) is 0 Å². The first-order chi connectivity index (χ1) is 28.5. The molecule has 0 aromatic carbocycles. The summed E-state index contributed by atoms with van der Waals surface area (Å²) in [5.74, 6) is -0.481. The van der Waals surface area contributed by atoms with E-state index in [9.17, 15) is 39.8 Å². The van der Waals surface area contributed by atoms with Crippen LogP contribution in [0.1, 0.15) is 187 Å². The topological polar surface area (TPSA) is 192 Å². The standard InChI is InChI=1S/C46H85O12P/c1-3-5-7-9-11-13-15-17-18-19-20-21-22-23-24-26-28-30-32-34-36-55-37-39(57-40(47)35-33-31-29-27-25-16-14-12-10-8-6-4-2)38-56-59(53,54)58-46-44(51)42(49)41(48)43(50)45(46)52/h11,13,17-18,20-21,39,41-46,48-52H,3-10,12,14-16,19,22-38H2,1-2H3,(H,53,54)/b13-11-,18-17-,21-20-. The van der Waals surface area contributed by atoms with Crippen LogP contribution in [-0.4, -0.2) is 98.9 Å². The molecule has 0 aromatic heterocycles. The van der Waals surface area contributed by atoms with Crippen LogP contribution in [-0.2, 0) is 27.9 Å². The molecule has 0 saturated heterocycles. The molecular weight excluding hydrogens is 775 g/mol. The highest BCUT2D eigenvalue weighted by Gasteiger charge is 2.51. The zero-order valence-electron chi connectivity index (χ0n) is 36.8. The number of phosphoric acid groups is 1. The highest BCUT2D eigenvalue weighted by atomic mass is 31.2. The fourth-order valence-electron chi connectivity index (χ4n) is 7.01. The smallest absolute Gasteiger partial charge is 0.457 e. The van der Waals surface area contributed by atoms with Crippen LogP contribution in [0.2, 0.25) is 0 Å². The predicted octanol–water partition coefficient (Wildman–Crippen LogP) is 9.48. The minimum absolute atomic E-state index is 0.0814. The lowest BCUT2D eigenvalue weighted by atomic mass is 9.85. The lowest BCUT2D eigenvalue weighted by Crippen LogP contribution is -2.64. The Morgan fingerprint density at radius 3 is 1.47 bits per heavy atom. The number of rotatable bonds is 39. The fourth-order valence-corrected chi connectivity index (χ4v) is 7.98. The molecule has 0 bridgehead atoms. The summed E-state index contributed by atoms with van der Waals surface area (Å²) in [4.78, 5) is 23.1. The molecule has 0 amide bonds. The lowest BCUT2D eigenvalue weighted by molar-refractivity contribution is -0.220. The van der Waals surface area contributed by atoms with E-state index in [-0.39, 0.29) is 13.0 Å². The van der Waals surface area contributed by atoms with E-state index in [0.29, 0.717) is 13.0 Å². The Morgan fingerprint density at radius 2 is 0.949 bits per heavy atom. The average molecular weight is 861 g/mol. The molecule has 0 aromatic rings. The molecule has 6 atom stereocenters. The Bertz CT molecular complexity index is 1120. The Labute approximate surface area is 357 Å². The van der Waals surface area contributed by atoms with Gasteiger partial charge in [-0.2, -0.15) is 0 Å². The Hall–Kier alpha value is -1.44. The summed E-state index contributed by atoms with van der Waals surface area (Å²) in [6.07, 6.45) is 30.7. The number of hydrogen-bond acceptors (Lipinski definition) is 11. The number of hydrogen-bond donors (Lipinski definition) is 6. The first-order valence-electron chi connectivity index (χ1n) is 23.3. The van der Waals surface area contributed by atoms with Crippen molar-refractivity contribution in [2.24, 2.45) is 0 Å². The maximum absolute atomic E-state index is 12.8. The van der Waals surface area contributed by atoms with Crippen molar-refractivity contribution >= 4 is 13.8 Å². The van der Waals surface area contributed by atoms with Crippen molar-refractivity contribution in [3.8, 4) is 0 Å². The molecule has 13 heteroatoms. The number of esters is 1. The van der Waals surface area contributed by atoms with Crippen LogP contribution in [0, 0.1) is 0 Å². The lowest BCUT2D eigenvalue weighted by Gasteiger charge is -2.41. The third kappa shape index (κ3) is 29.5. The van der Waals surface area contributed by atoms with Crippen LogP contribution < -0.4 is 0 Å². The van der Waals surface area contributed by atoms with Gasteiger partial charge < -0.3 is 39.9 Å². The van der Waals surface area contributed by atoms with Crippen LogP contribution in [0.5, 0.6) is 0 Å². The van der Waals surface area contributed by atoms with Crippen LogP contribution >= 0.6 is 7.82 Å². The van der Waals surface area contributed by atoms with Crippen LogP contribution in [0.15, 0.2) is 36.5 Å². The van der Waals surface area contributed by atoms with Gasteiger partial charge in [0.2, 0.25) is 0 Å². The summed E-state index contributed by atoms with van der Waals surface area (Å²) in [5.41, 5.74) is 0.